The van der Waals surface area contributed by atoms with Crippen molar-refractivity contribution in [2.75, 3.05) is 14.1 Å². The molecular weight excluding hydrogens is 252 g/mol. The molecule has 1 saturated carbocycles. The first-order valence-corrected chi connectivity index (χ1v) is 7.59. The fourth-order valence-electron chi connectivity index (χ4n) is 3.27. The molecule has 0 aromatic carbocycles. The summed E-state index contributed by atoms with van der Waals surface area (Å²) in [5.74, 6) is -0.0754. The zero-order valence-electron chi connectivity index (χ0n) is 12.9. The Balaban J connectivity index is 2.48. The van der Waals surface area contributed by atoms with Gasteiger partial charge in [-0.1, -0.05) is 25.7 Å². The molecule has 1 fully saturated rings. The second-order valence-electron chi connectivity index (χ2n) is 6.20. The number of hydrogen-bond donors (Lipinski definition) is 1. The van der Waals surface area contributed by atoms with Crippen LogP contribution in [0.1, 0.15) is 56.0 Å². The third-order valence-electron chi connectivity index (χ3n) is 4.17. The number of aryl methyl sites for hydroxylation is 1. The number of rotatable bonds is 3. The Labute approximate surface area is 121 Å². The van der Waals surface area contributed by atoms with E-state index in [1.54, 1.807) is 6.07 Å². The van der Waals surface area contributed by atoms with Crippen LogP contribution < -0.4 is 5.43 Å². The Morgan fingerprint density at radius 1 is 1.25 bits per heavy atom. The zero-order chi connectivity index (χ0) is 14.7. The molecule has 0 amide bonds. The van der Waals surface area contributed by atoms with E-state index in [1.807, 2.05) is 25.9 Å². The van der Waals surface area contributed by atoms with Crippen LogP contribution in [0.5, 0.6) is 5.75 Å². The van der Waals surface area contributed by atoms with Gasteiger partial charge in [-0.3, -0.25) is 4.79 Å². The first-order valence-electron chi connectivity index (χ1n) is 7.59. The number of nitrogens with zero attached hydrogens (tertiary/aromatic N) is 2. The van der Waals surface area contributed by atoms with Gasteiger partial charge in [-0.2, -0.15) is 0 Å². The first kappa shape index (κ1) is 15.1. The summed E-state index contributed by atoms with van der Waals surface area (Å²) < 4.78 is 2.21. The van der Waals surface area contributed by atoms with Crippen molar-refractivity contribution in [2.45, 2.75) is 58.0 Å². The van der Waals surface area contributed by atoms with Crippen LogP contribution in [0.4, 0.5) is 0 Å². The smallest absolute Gasteiger partial charge is 0.223 e. The highest BCUT2D eigenvalue weighted by Crippen LogP contribution is 2.31. The van der Waals surface area contributed by atoms with Crippen molar-refractivity contribution in [1.82, 2.24) is 9.47 Å². The molecule has 0 aliphatic heterocycles. The summed E-state index contributed by atoms with van der Waals surface area (Å²) in [6.45, 7) is 2.57. The molecule has 112 valence electrons. The van der Waals surface area contributed by atoms with Gasteiger partial charge in [0.15, 0.2) is 5.75 Å². The van der Waals surface area contributed by atoms with Crippen LogP contribution in [-0.2, 0) is 6.54 Å². The third kappa shape index (κ3) is 3.23. The normalized spacial score (nSPS) is 17.4. The van der Waals surface area contributed by atoms with Crippen LogP contribution in [0.3, 0.4) is 0 Å². The second kappa shape index (κ2) is 6.44. The predicted octanol–water partition coefficient (Wildman–Crippen LogP) is 2.82. The summed E-state index contributed by atoms with van der Waals surface area (Å²) in [5, 5.41) is 10.2. The van der Waals surface area contributed by atoms with Gasteiger partial charge < -0.3 is 14.6 Å². The van der Waals surface area contributed by atoms with E-state index in [9.17, 15) is 9.90 Å². The summed E-state index contributed by atoms with van der Waals surface area (Å²) in [6, 6.07) is 1.98. The van der Waals surface area contributed by atoms with Crippen LogP contribution in [0.15, 0.2) is 10.9 Å². The van der Waals surface area contributed by atoms with E-state index in [2.05, 4.69) is 4.57 Å². The highest BCUT2D eigenvalue weighted by atomic mass is 16.3. The van der Waals surface area contributed by atoms with Gasteiger partial charge in [-0.25, -0.2) is 0 Å². The SMILES string of the molecule is Cc1cc(=O)c(O)c(CN(C)C)n1C1CCCCCC1. The number of aromatic hydroxyl groups is 1. The van der Waals surface area contributed by atoms with Gasteiger partial charge in [-0.15, -0.1) is 0 Å². The Bertz CT molecular complexity index is 512. The highest BCUT2D eigenvalue weighted by molar-refractivity contribution is 5.30. The average Bonchev–Trinajstić information content (AvgIpc) is 2.64. The number of pyridine rings is 1. The van der Waals surface area contributed by atoms with Gasteiger partial charge in [0.1, 0.15) is 0 Å². The van der Waals surface area contributed by atoms with Gasteiger partial charge in [0.25, 0.3) is 0 Å². The Hall–Kier alpha value is -1.29. The molecule has 1 heterocycles. The van der Waals surface area contributed by atoms with E-state index in [0.29, 0.717) is 12.6 Å². The number of aromatic nitrogens is 1. The molecule has 20 heavy (non-hydrogen) atoms. The largest absolute Gasteiger partial charge is 0.503 e. The maximum absolute atomic E-state index is 11.9. The first-order chi connectivity index (χ1) is 9.50. The Morgan fingerprint density at radius 3 is 2.40 bits per heavy atom. The van der Waals surface area contributed by atoms with Crippen LogP contribution in [0.2, 0.25) is 0 Å². The highest BCUT2D eigenvalue weighted by Gasteiger charge is 2.21. The standard InChI is InChI=1S/C16H26N2O2/c1-12-10-15(19)16(20)14(11-17(2)3)18(12)13-8-6-4-5-7-9-13/h10,13,20H,4-9,11H2,1-3H3. The summed E-state index contributed by atoms with van der Waals surface area (Å²) in [5.41, 5.74) is 1.48. The van der Waals surface area contributed by atoms with Crippen LogP contribution in [0.25, 0.3) is 0 Å². The quantitative estimate of drug-likeness (QED) is 0.865. The molecule has 0 bridgehead atoms. The lowest BCUT2D eigenvalue weighted by Crippen LogP contribution is -2.24. The van der Waals surface area contributed by atoms with Crippen LogP contribution in [-0.4, -0.2) is 28.7 Å². The molecule has 0 radical (unpaired) electrons. The van der Waals surface area contributed by atoms with Crippen molar-refractivity contribution in [3.63, 3.8) is 0 Å². The minimum atomic E-state index is -0.260. The molecule has 1 aromatic heterocycles. The molecule has 1 aromatic rings. The molecule has 1 N–H and O–H groups in total. The monoisotopic (exact) mass is 278 g/mol. The molecule has 0 spiro atoms. The van der Waals surface area contributed by atoms with Crippen molar-refractivity contribution in [3.8, 4) is 5.75 Å². The summed E-state index contributed by atoms with van der Waals surface area (Å²) in [4.78, 5) is 13.9. The molecule has 4 nitrogen and oxygen atoms in total. The fourth-order valence-corrected chi connectivity index (χ4v) is 3.27. The summed E-state index contributed by atoms with van der Waals surface area (Å²) in [7, 11) is 3.92. The summed E-state index contributed by atoms with van der Waals surface area (Å²) >= 11 is 0. The van der Waals surface area contributed by atoms with Crippen molar-refractivity contribution >= 4 is 0 Å². The topological polar surface area (TPSA) is 45.5 Å². The maximum Gasteiger partial charge on any atom is 0.223 e. The molecule has 1 aliphatic carbocycles. The van der Waals surface area contributed by atoms with Crippen LogP contribution >= 0.6 is 0 Å². The van der Waals surface area contributed by atoms with E-state index >= 15 is 0 Å². The lowest BCUT2D eigenvalue weighted by atomic mass is 10.1. The van der Waals surface area contributed by atoms with Gasteiger partial charge in [0.2, 0.25) is 5.43 Å². The van der Waals surface area contributed by atoms with Crippen molar-refractivity contribution in [3.05, 3.63) is 27.7 Å². The van der Waals surface area contributed by atoms with Crippen LogP contribution in [0, 0.1) is 6.92 Å². The van der Waals surface area contributed by atoms with Crippen molar-refractivity contribution in [2.24, 2.45) is 0 Å². The zero-order valence-corrected chi connectivity index (χ0v) is 12.9. The van der Waals surface area contributed by atoms with Gasteiger partial charge in [-0.05, 0) is 33.9 Å². The van der Waals surface area contributed by atoms with E-state index in [-0.39, 0.29) is 11.2 Å². The average molecular weight is 278 g/mol. The lowest BCUT2D eigenvalue weighted by molar-refractivity contribution is 0.336. The van der Waals surface area contributed by atoms with E-state index in [4.69, 9.17) is 0 Å². The molecule has 4 heteroatoms. The van der Waals surface area contributed by atoms with Crippen molar-refractivity contribution in [1.29, 1.82) is 0 Å². The molecular formula is C16H26N2O2. The molecule has 0 saturated heterocycles. The molecule has 2 rings (SSSR count). The third-order valence-corrected chi connectivity index (χ3v) is 4.17. The van der Waals surface area contributed by atoms with E-state index < -0.39 is 0 Å². The Kier molecular flexibility index (Phi) is 4.86. The summed E-state index contributed by atoms with van der Waals surface area (Å²) in [6.07, 6.45) is 7.35. The molecule has 0 atom stereocenters. The van der Waals surface area contributed by atoms with Gasteiger partial charge >= 0.3 is 0 Å². The molecule has 0 unspecified atom stereocenters. The van der Waals surface area contributed by atoms with Crippen molar-refractivity contribution < 1.29 is 5.11 Å². The van der Waals surface area contributed by atoms with E-state index in [0.717, 1.165) is 24.2 Å². The molecule has 1 aliphatic rings. The van der Waals surface area contributed by atoms with E-state index in [1.165, 1.54) is 25.7 Å². The minimum Gasteiger partial charge on any atom is -0.503 e. The number of hydrogen-bond acceptors (Lipinski definition) is 3. The van der Waals surface area contributed by atoms with Gasteiger partial charge in [0, 0.05) is 24.3 Å². The Morgan fingerprint density at radius 2 is 1.85 bits per heavy atom. The fraction of sp³-hybridized carbons (Fsp3) is 0.688. The second-order valence-corrected chi connectivity index (χ2v) is 6.20. The minimum absolute atomic E-state index is 0.0754. The predicted molar refractivity (Wildman–Crippen MR) is 81.2 cm³/mol. The maximum atomic E-state index is 11.9. The van der Waals surface area contributed by atoms with Gasteiger partial charge in [0.05, 0.1) is 5.69 Å². The lowest BCUT2D eigenvalue weighted by Gasteiger charge is -2.27.